The van der Waals surface area contributed by atoms with Gasteiger partial charge in [-0.15, -0.1) is 0 Å². The maximum Gasteiger partial charge on any atom is 0.407 e. The molecule has 0 aromatic carbocycles. The summed E-state index contributed by atoms with van der Waals surface area (Å²) in [6.45, 7) is 14.5. The summed E-state index contributed by atoms with van der Waals surface area (Å²) >= 11 is 0. The summed E-state index contributed by atoms with van der Waals surface area (Å²) in [4.78, 5) is 11.7. The van der Waals surface area contributed by atoms with Gasteiger partial charge in [-0.1, -0.05) is 105 Å². The average molecular weight is 458 g/mol. The Labute approximate surface area is 195 Å². The fourth-order valence-corrected chi connectivity index (χ4v) is 4.71. The molecule has 31 heavy (non-hydrogen) atoms. The number of amides is 1. The van der Waals surface area contributed by atoms with Gasteiger partial charge in [0.05, 0.1) is 7.11 Å². The Morgan fingerprint density at radius 1 is 0.806 bits per heavy atom. The first-order valence-corrected chi connectivity index (χ1v) is 16.0. The zero-order valence-corrected chi connectivity index (χ0v) is 23.1. The Balaban J connectivity index is 3.93. The number of hydrogen-bond donors (Lipinski definition) is 1. The number of rotatable bonds is 19. The van der Waals surface area contributed by atoms with Gasteiger partial charge in [0.2, 0.25) is 0 Å². The van der Waals surface area contributed by atoms with Gasteiger partial charge >= 0.3 is 6.09 Å². The van der Waals surface area contributed by atoms with Gasteiger partial charge in [-0.3, -0.25) is 0 Å². The van der Waals surface area contributed by atoms with Crippen molar-refractivity contribution in [3.8, 4) is 0 Å². The molecule has 0 unspecified atom stereocenters. The fraction of sp³-hybridized carbons (Fsp3) is 0.962. The minimum atomic E-state index is -1.69. The van der Waals surface area contributed by atoms with E-state index in [2.05, 4.69) is 46.1 Å². The molecule has 0 bridgehead atoms. The maximum atomic E-state index is 11.7. The normalized spacial score (nSPS) is 13.3. The number of nitrogens with one attached hydrogen (secondary N) is 1. The van der Waals surface area contributed by atoms with Gasteiger partial charge in [0.1, 0.15) is 0 Å². The molecule has 0 aliphatic carbocycles. The van der Waals surface area contributed by atoms with Crippen molar-refractivity contribution in [3.05, 3.63) is 0 Å². The highest BCUT2D eigenvalue weighted by molar-refractivity contribution is 6.74. The summed E-state index contributed by atoms with van der Waals surface area (Å²) in [5, 5.41) is 3.27. The molecule has 0 spiro atoms. The third-order valence-electron chi connectivity index (χ3n) is 6.88. The second kappa shape index (κ2) is 17.9. The van der Waals surface area contributed by atoms with E-state index in [0.717, 1.165) is 25.9 Å². The van der Waals surface area contributed by atoms with Crippen molar-refractivity contribution < 1.29 is 14.0 Å². The molecule has 0 radical (unpaired) electrons. The van der Waals surface area contributed by atoms with Crippen LogP contribution in [-0.2, 0) is 9.16 Å². The Hall–Kier alpha value is -0.553. The lowest BCUT2D eigenvalue weighted by Gasteiger charge is -2.36. The fourth-order valence-electron chi connectivity index (χ4n) is 3.62. The van der Waals surface area contributed by atoms with Crippen LogP contribution < -0.4 is 5.32 Å². The highest BCUT2D eigenvalue weighted by Crippen LogP contribution is 2.36. The third-order valence-corrected chi connectivity index (χ3v) is 11.4. The van der Waals surface area contributed by atoms with Crippen LogP contribution in [0.1, 0.15) is 124 Å². The van der Waals surface area contributed by atoms with Gasteiger partial charge in [-0.2, -0.15) is 0 Å². The third kappa shape index (κ3) is 16.7. The number of unbranched alkanes of at least 4 members (excludes halogenated alkanes) is 11. The average Bonchev–Trinajstić information content (AvgIpc) is 2.70. The van der Waals surface area contributed by atoms with E-state index in [9.17, 15) is 4.79 Å². The van der Waals surface area contributed by atoms with Gasteiger partial charge in [-0.05, 0) is 37.4 Å². The molecular formula is C26H55NO3Si. The van der Waals surface area contributed by atoms with Crippen LogP contribution in [0.3, 0.4) is 0 Å². The SMILES string of the molecule is CCCCCCCCCCCCCC[C@H](CCCO[Si](C)(C)C(C)(C)C)NC(=O)OC. The van der Waals surface area contributed by atoms with Crippen LogP contribution >= 0.6 is 0 Å². The predicted octanol–water partition coefficient (Wildman–Crippen LogP) is 8.60. The quantitative estimate of drug-likeness (QED) is 0.156. The standard InChI is InChI=1S/C26H55NO3Si/c1-8-9-10-11-12-13-14-15-16-17-18-19-21-24(27-25(28)29-5)22-20-23-30-31(6,7)26(2,3)4/h24H,8-23H2,1-7H3,(H,27,28)/t24-/m1/s1. The zero-order chi connectivity index (χ0) is 23.6. The molecular weight excluding hydrogens is 402 g/mol. The molecule has 0 saturated carbocycles. The molecule has 0 heterocycles. The number of ether oxygens (including phenoxy) is 1. The van der Waals surface area contributed by atoms with E-state index >= 15 is 0 Å². The molecule has 186 valence electrons. The van der Waals surface area contributed by atoms with Crippen LogP contribution in [0, 0.1) is 0 Å². The summed E-state index contributed by atoms with van der Waals surface area (Å²) < 4.78 is 11.1. The van der Waals surface area contributed by atoms with E-state index in [4.69, 9.17) is 9.16 Å². The molecule has 1 amide bonds. The lowest BCUT2D eigenvalue weighted by Crippen LogP contribution is -2.41. The molecule has 0 fully saturated rings. The predicted molar refractivity (Wildman–Crippen MR) is 137 cm³/mol. The minimum absolute atomic E-state index is 0.193. The van der Waals surface area contributed by atoms with Gasteiger partial charge < -0.3 is 14.5 Å². The summed E-state index contributed by atoms with van der Waals surface area (Å²) in [5.74, 6) is 0. The first-order valence-electron chi connectivity index (χ1n) is 13.1. The van der Waals surface area contributed by atoms with E-state index in [1.54, 1.807) is 0 Å². The highest BCUT2D eigenvalue weighted by Gasteiger charge is 2.36. The lowest BCUT2D eigenvalue weighted by atomic mass is 10.0. The van der Waals surface area contributed by atoms with Crippen molar-refractivity contribution in [2.24, 2.45) is 0 Å². The monoisotopic (exact) mass is 457 g/mol. The molecule has 0 rings (SSSR count). The smallest absolute Gasteiger partial charge is 0.407 e. The van der Waals surface area contributed by atoms with Crippen molar-refractivity contribution >= 4 is 14.4 Å². The molecule has 4 nitrogen and oxygen atoms in total. The highest BCUT2D eigenvalue weighted by atomic mass is 28.4. The van der Waals surface area contributed by atoms with E-state index in [-0.39, 0.29) is 17.2 Å². The van der Waals surface area contributed by atoms with Crippen molar-refractivity contribution in [2.75, 3.05) is 13.7 Å². The zero-order valence-electron chi connectivity index (χ0n) is 22.1. The largest absolute Gasteiger partial charge is 0.453 e. The second-order valence-corrected chi connectivity index (χ2v) is 15.6. The van der Waals surface area contributed by atoms with Crippen LogP contribution in [0.15, 0.2) is 0 Å². The topological polar surface area (TPSA) is 47.6 Å². The van der Waals surface area contributed by atoms with E-state index in [1.807, 2.05) is 0 Å². The summed E-state index contributed by atoms with van der Waals surface area (Å²) in [7, 11) is -0.246. The Morgan fingerprint density at radius 3 is 1.71 bits per heavy atom. The molecule has 5 heteroatoms. The van der Waals surface area contributed by atoms with Gasteiger partial charge in [0.15, 0.2) is 8.32 Å². The van der Waals surface area contributed by atoms with E-state index in [1.165, 1.54) is 84.2 Å². The maximum absolute atomic E-state index is 11.7. The van der Waals surface area contributed by atoms with Crippen molar-refractivity contribution in [1.29, 1.82) is 0 Å². The molecule has 0 aliphatic heterocycles. The van der Waals surface area contributed by atoms with Gasteiger partial charge in [0, 0.05) is 12.6 Å². The first-order chi connectivity index (χ1) is 14.6. The number of carbonyl (C=O) groups excluding carboxylic acids is 1. The number of alkyl carbamates (subject to hydrolysis) is 1. The number of hydrogen-bond acceptors (Lipinski definition) is 3. The Kier molecular flexibility index (Phi) is 17.6. The Morgan fingerprint density at radius 2 is 1.26 bits per heavy atom. The first kappa shape index (κ1) is 30.4. The summed E-state index contributed by atoms with van der Waals surface area (Å²) in [6, 6.07) is 0.193. The number of carbonyl (C=O) groups is 1. The van der Waals surface area contributed by atoms with Crippen molar-refractivity contribution in [3.63, 3.8) is 0 Å². The molecule has 0 aromatic heterocycles. The molecule has 0 aromatic rings. The van der Waals surface area contributed by atoms with Gasteiger partial charge in [-0.25, -0.2) is 4.79 Å². The van der Waals surface area contributed by atoms with Gasteiger partial charge in [0.25, 0.3) is 0 Å². The van der Waals surface area contributed by atoms with E-state index in [0.29, 0.717) is 0 Å². The lowest BCUT2D eigenvalue weighted by molar-refractivity contribution is 0.163. The van der Waals surface area contributed by atoms with Crippen LogP contribution in [0.2, 0.25) is 18.1 Å². The van der Waals surface area contributed by atoms with Crippen molar-refractivity contribution in [1.82, 2.24) is 5.32 Å². The van der Waals surface area contributed by atoms with Crippen LogP contribution in [0.25, 0.3) is 0 Å². The molecule has 0 saturated heterocycles. The van der Waals surface area contributed by atoms with Crippen LogP contribution in [-0.4, -0.2) is 34.2 Å². The second-order valence-electron chi connectivity index (χ2n) is 10.8. The van der Waals surface area contributed by atoms with Crippen LogP contribution in [0.5, 0.6) is 0 Å². The molecule has 0 aliphatic rings. The van der Waals surface area contributed by atoms with Crippen LogP contribution in [0.4, 0.5) is 4.79 Å². The molecule has 1 atom stereocenters. The minimum Gasteiger partial charge on any atom is -0.453 e. The Bertz CT molecular complexity index is 435. The summed E-state index contributed by atoms with van der Waals surface area (Å²) in [6.07, 6.45) is 18.9. The van der Waals surface area contributed by atoms with E-state index < -0.39 is 8.32 Å². The summed E-state index contributed by atoms with van der Waals surface area (Å²) in [5.41, 5.74) is 0. The molecule has 1 N–H and O–H groups in total. The van der Waals surface area contributed by atoms with Crippen molar-refractivity contribution in [2.45, 2.75) is 148 Å². The number of methoxy groups -OCH3 is 1.